The van der Waals surface area contributed by atoms with E-state index in [4.69, 9.17) is 4.74 Å². The van der Waals surface area contributed by atoms with Crippen molar-refractivity contribution in [3.05, 3.63) is 68.8 Å². The number of rotatable bonds is 5. The zero-order valence-electron chi connectivity index (χ0n) is 14.2. The van der Waals surface area contributed by atoms with Crippen LogP contribution < -0.4 is 5.32 Å². The predicted octanol–water partition coefficient (Wildman–Crippen LogP) is 3.32. The van der Waals surface area contributed by atoms with Gasteiger partial charge >= 0.3 is 5.97 Å². The molecule has 0 atom stereocenters. The number of nitro groups is 1. The second-order valence-electron chi connectivity index (χ2n) is 5.63. The first-order valence-electron chi connectivity index (χ1n) is 7.58. The molecule has 0 aliphatic rings. The maximum absolute atomic E-state index is 12.0. The number of anilines is 1. The molecule has 7 heteroatoms. The third-order valence-electron chi connectivity index (χ3n) is 3.85. The summed E-state index contributed by atoms with van der Waals surface area (Å²) in [5.41, 5.74) is 2.89. The second kappa shape index (κ2) is 7.57. The molecule has 0 unspecified atom stereocenters. The Morgan fingerprint density at radius 3 is 2.52 bits per heavy atom. The highest BCUT2D eigenvalue weighted by molar-refractivity contribution is 5.96. The number of nitrogens with zero attached hydrogens (tertiary/aromatic N) is 1. The summed E-state index contributed by atoms with van der Waals surface area (Å²) in [7, 11) is 0. The third kappa shape index (κ3) is 4.41. The molecule has 0 saturated heterocycles. The highest BCUT2D eigenvalue weighted by Gasteiger charge is 2.17. The fraction of sp³-hybridized carbons (Fsp3) is 0.222. The zero-order valence-corrected chi connectivity index (χ0v) is 14.2. The van der Waals surface area contributed by atoms with Crippen LogP contribution in [-0.4, -0.2) is 23.4 Å². The number of benzene rings is 2. The summed E-state index contributed by atoms with van der Waals surface area (Å²) in [6, 6.07) is 9.52. The van der Waals surface area contributed by atoms with E-state index in [2.05, 4.69) is 5.32 Å². The van der Waals surface area contributed by atoms with Crippen LogP contribution in [-0.2, 0) is 9.53 Å². The summed E-state index contributed by atoms with van der Waals surface area (Å²) in [5, 5.41) is 13.6. The van der Waals surface area contributed by atoms with Crippen LogP contribution in [0.1, 0.15) is 27.0 Å². The minimum atomic E-state index is -0.792. The highest BCUT2D eigenvalue weighted by Crippen LogP contribution is 2.20. The Labute approximate surface area is 144 Å². The van der Waals surface area contributed by atoms with Crippen molar-refractivity contribution in [2.45, 2.75) is 20.8 Å². The molecule has 2 aromatic carbocycles. The van der Waals surface area contributed by atoms with Crippen LogP contribution in [0.2, 0.25) is 0 Å². The largest absolute Gasteiger partial charge is 0.452 e. The average Bonchev–Trinajstić information content (AvgIpc) is 2.57. The number of hydrogen-bond acceptors (Lipinski definition) is 5. The maximum atomic E-state index is 12.0. The lowest BCUT2D eigenvalue weighted by Gasteiger charge is -2.10. The fourth-order valence-corrected chi connectivity index (χ4v) is 2.22. The van der Waals surface area contributed by atoms with Gasteiger partial charge in [0, 0.05) is 17.3 Å². The van der Waals surface area contributed by atoms with Gasteiger partial charge in [0.1, 0.15) is 0 Å². The molecule has 0 saturated carbocycles. The molecule has 7 nitrogen and oxygen atoms in total. The van der Waals surface area contributed by atoms with Gasteiger partial charge in [-0.05, 0) is 44.0 Å². The van der Waals surface area contributed by atoms with Crippen molar-refractivity contribution in [1.82, 2.24) is 0 Å². The van der Waals surface area contributed by atoms with E-state index in [-0.39, 0.29) is 11.3 Å². The summed E-state index contributed by atoms with van der Waals surface area (Å²) in [5.74, 6) is -1.28. The monoisotopic (exact) mass is 342 g/mol. The Bertz CT molecular complexity index is 845. The summed E-state index contributed by atoms with van der Waals surface area (Å²) in [6.07, 6.45) is 0. The SMILES string of the molecule is Cc1ccc(C(=O)OCC(=O)Nc2cccc(C)c2C)cc1[N+](=O)[O-]. The molecule has 2 aromatic rings. The Hall–Kier alpha value is -3.22. The summed E-state index contributed by atoms with van der Waals surface area (Å²) >= 11 is 0. The maximum Gasteiger partial charge on any atom is 0.338 e. The van der Waals surface area contributed by atoms with Crippen LogP contribution in [0.5, 0.6) is 0 Å². The summed E-state index contributed by atoms with van der Waals surface area (Å²) in [6.45, 7) is 4.90. The van der Waals surface area contributed by atoms with Crippen molar-refractivity contribution < 1.29 is 19.2 Å². The molecule has 0 bridgehead atoms. The zero-order chi connectivity index (χ0) is 18.6. The van der Waals surface area contributed by atoms with Crippen molar-refractivity contribution in [2.75, 3.05) is 11.9 Å². The van der Waals surface area contributed by atoms with E-state index in [1.165, 1.54) is 12.1 Å². The third-order valence-corrected chi connectivity index (χ3v) is 3.85. The molecule has 0 aliphatic heterocycles. The molecule has 2 rings (SSSR count). The van der Waals surface area contributed by atoms with Gasteiger partial charge in [-0.15, -0.1) is 0 Å². The topological polar surface area (TPSA) is 98.5 Å². The van der Waals surface area contributed by atoms with E-state index >= 15 is 0 Å². The quantitative estimate of drug-likeness (QED) is 0.510. The van der Waals surface area contributed by atoms with Crippen LogP contribution in [0.15, 0.2) is 36.4 Å². The Kier molecular flexibility index (Phi) is 5.49. The van der Waals surface area contributed by atoms with Gasteiger partial charge in [0.05, 0.1) is 10.5 Å². The van der Waals surface area contributed by atoms with E-state index in [0.29, 0.717) is 11.3 Å². The summed E-state index contributed by atoms with van der Waals surface area (Å²) in [4.78, 5) is 34.3. The number of nitrogens with one attached hydrogen (secondary N) is 1. The molecular formula is C18H18N2O5. The van der Waals surface area contributed by atoms with Crippen LogP contribution in [0.3, 0.4) is 0 Å². The minimum Gasteiger partial charge on any atom is -0.452 e. The molecule has 0 heterocycles. The minimum absolute atomic E-state index is 0.0248. The lowest BCUT2D eigenvalue weighted by molar-refractivity contribution is -0.385. The molecule has 25 heavy (non-hydrogen) atoms. The smallest absolute Gasteiger partial charge is 0.338 e. The van der Waals surface area contributed by atoms with Crippen LogP contribution >= 0.6 is 0 Å². The van der Waals surface area contributed by atoms with Crippen LogP contribution in [0, 0.1) is 30.9 Å². The van der Waals surface area contributed by atoms with Crippen LogP contribution in [0.4, 0.5) is 11.4 Å². The molecule has 0 spiro atoms. The second-order valence-corrected chi connectivity index (χ2v) is 5.63. The van der Waals surface area contributed by atoms with E-state index in [1.807, 2.05) is 26.0 Å². The Balaban J connectivity index is 2.00. The highest BCUT2D eigenvalue weighted by atomic mass is 16.6. The number of amides is 1. The Morgan fingerprint density at radius 2 is 1.84 bits per heavy atom. The summed E-state index contributed by atoms with van der Waals surface area (Å²) < 4.78 is 4.93. The van der Waals surface area contributed by atoms with Gasteiger partial charge in [0.15, 0.2) is 6.61 Å². The van der Waals surface area contributed by atoms with Gasteiger partial charge < -0.3 is 10.1 Å². The van der Waals surface area contributed by atoms with Gasteiger partial charge in [-0.2, -0.15) is 0 Å². The van der Waals surface area contributed by atoms with Gasteiger partial charge in [0.2, 0.25) is 0 Å². The average molecular weight is 342 g/mol. The van der Waals surface area contributed by atoms with Crippen molar-refractivity contribution in [1.29, 1.82) is 0 Å². The van der Waals surface area contributed by atoms with E-state index in [1.54, 1.807) is 13.0 Å². The number of nitro benzene ring substituents is 1. The first kappa shape index (κ1) is 18.1. The molecule has 0 fully saturated rings. The van der Waals surface area contributed by atoms with Gasteiger partial charge in [-0.25, -0.2) is 4.79 Å². The number of aryl methyl sites for hydroxylation is 2. The van der Waals surface area contributed by atoms with E-state index < -0.39 is 23.4 Å². The molecule has 0 aromatic heterocycles. The number of carbonyl (C=O) groups excluding carboxylic acids is 2. The first-order valence-corrected chi connectivity index (χ1v) is 7.58. The van der Waals surface area contributed by atoms with Gasteiger partial charge in [-0.1, -0.05) is 18.2 Å². The van der Waals surface area contributed by atoms with Gasteiger partial charge in [-0.3, -0.25) is 14.9 Å². The molecule has 130 valence electrons. The van der Waals surface area contributed by atoms with E-state index in [0.717, 1.165) is 17.2 Å². The lowest BCUT2D eigenvalue weighted by atomic mass is 10.1. The number of ether oxygens (including phenoxy) is 1. The molecule has 1 amide bonds. The van der Waals surface area contributed by atoms with Crippen molar-refractivity contribution in [3.63, 3.8) is 0 Å². The Morgan fingerprint density at radius 1 is 1.12 bits per heavy atom. The lowest BCUT2D eigenvalue weighted by Crippen LogP contribution is -2.21. The van der Waals surface area contributed by atoms with E-state index in [9.17, 15) is 19.7 Å². The molecular weight excluding hydrogens is 324 g/mol. The molecule has 1 N–H and O–H groups in total. The van der Waals surface area contributed by atoms with Gasteiger partial charge in [0.25, 0.3) is 11.6 Å². The van der Waals surface area contributed by atoms with Crippen LogP contribution in [0.25, 0.3) is 0 Å². The normalized spacial score (nSPS) is 10.2. The number of carbonyl (C=O) groups is 2. The van der Waals surface area contributed by atoms with Crippen molar-refractivity contribution in [2.24, 2.45) is 0 Å². The number of esters is 1. The molecule has 0 aliphatic carbocycles. The predicted molar refractivity (Wildman–Crippen MR) is 92.7 cm³/mol. The first-order chi connectivity index (χ1) is 11.8. The molecule has 0 radical (unpaired) electrons. The van der Waals surface area contributed by atoms with Crippen molar-refractivity contribution in [3.8, 4) is 0 Å². The van der Waals surface area contributed by atoms with Crippen molar-refractivity contribution >= 4 is 23.3 Å². The standard InChI is InChI=1S/C18H18N2O5/c1-11-5-4-6-15(13(11)3)19-17(21)10-25-18(22)14-8-7-12(2)16(9-14)20(23)24/h4-9H,10H2,1-3H3,(H,19,21). The number of hydrogen-bond donors (Lipinski definition) is 1. The fourth-order valence-electron chi connectivity index (χ4n) is 2.22.